The van der Waals surface area contributed by atoms with E-state index in [9.17, 15) is 22.7 Å². The summed E-state index contributed by atoms with van der Waals surface area (Å²) >= 11 is 0. The molecule has 12 heteroatoms. The van der Waals surface area contributed by atoms with E-state index in [1.54, 1.807) is 17.9 Å². The van der Waals surface area contributed by atoms with Gasteiger partial charge in [0.1, 0.15) is 17.7 Å². The van der Waals surface area contributed by atoms with E-state index in [1.807, 2.05) is 32.2 Å². The van der Waals surface area contributed by atoms with Gasteiger partial charge in [0.15, 0.2) is 11.5 Å². The molecule has 0 unspecified atom stereocenters. The smallest absolute Gasteiger partial charge is 0.261 e. The van der Waals surface area contributed by atoms with Crippen LogP contribution in [-0.4, -0.2) is 74.9 Å². The molecule has 0 aliphatic carbocycles. The molecule has 3 atom stereocenters. The molecule has 2 N–H and O–H groups in total. The maximum Gasteiger partial charge on any atom is 0.261 e. The fraction of sp³-hybridized carbons (Fsp3) is 0.367. The van der Waals surface area contributed by atoms with Crippen LogP contribution >= 0.6 is 0 Å². The van der Waals surface area contributed by atoms with Crippen LogP contribution in [-0.2, 0) is 16.6 Å². The standard InChI is InChI=1S/C30H34FN3O7S/c1-19-14-34(20(2)17-35)30(36)25-13-23(32-42(37,38)24-8-5-22(31)6-9-24)7-11-26(25)41-29(19)16-33(3)15-21-4-10-27-28(12-21)40-18-39-27/h4-13,19-20,29,32,35H,14-18H2,1-3H3/t19-,20+,29+/m0/s1. The van der Waals surface area contributed by atoms with Crippen molar-refractivity contribution in [2.45, 2.75) is 37.4 Å². The number of sulfonamides is 1. The first kappa shape index (κ1) is 29.6. The maximum atomic E-state index is 13.7. The highest BCUT2D eigenvalue weighted by Crippen LogP contribution is 2.34. The molecule has 224 valence electrons. The molecule has 0 saturated carbocycles. The molecule has 0 spiro atoms. The van der Waals surface area contributed by atoms with E-state index in [2.05, 4.69) is 9.62 Å². The Morgan fingerprint density at radius 3 is 2.52 bits per heavy atom. The molecule has 2 heterocycles. The van der Waals surface area contributed by atoms with Gasteiger partial charge in [0.25, 0.3) is 15.9 Å². The van der Waals surface area contributed by atoms with Gasteiger partial charge in [-0.2, -0.15) is 0 Å². The van der Waals surface area contributed by atoms with Crippen LogP contribution in [0.15, 0.2) is 65.6 Å². The zero-order valence-electron chi connectivity index (χ0n) is 23.6. The fourth-order valence-electron chi connectivity index (χ4n) is 5.05. The number of anilines is 1. The topological polar surface area (TPSA) is 118 Å². The lowest BCUT2D eigenvalue weighted by molar-refractivity contribution is 0.0341. The number of aliphatic hydroxyl groups excluding tert-OH is 1. The third-order valence-corrected chi connectivity index (χ3v) is 8.82. The number of hydrogen-bond acceptors (Lipinski definition) is 8. The van der Waals surface area contributed by atoms with E-state index in [4.69, 9.17) is 14.2 Å². The highest BCUT2D eigenvalue weighted by Gasteiger charge is 2.34. The second kappa shape index (κ2) is 12.2. The Kier molecular flexibility index (Phi) is 8.58. The van der Waals surface area contributed by atoms with Crippen LogP contribution in [0.25, 0.3) is 0 Å². The first-order chi connectivity index (χ1) is 20.0. The van der Waals surface area contributed by atoms with Crippen molar-refractivity contribution in [2.24, 2.45) is 5.92 Å². The number of hydrogen-bond donors (Lipinski definition) is 2. The van der Waals surface area contributed by atoms with Gasteiger partial charge in [0, 0.05) is 31.2 Å². The summed E-state index contributed by atoms with van der Waals surface area (Å²) < 4.78 is 59.0. The summed E-state index contributed by atoms with van der Waals surface area (Å²) in [4.78, 5) is 17.3. The highest BCUT2D eigenvalue weighted by molar-refractivity contribution is 7.92. The van der Waals surface area contributed by atoms with Crippen molar-refractivity contribution in [2.75, 3.05) is 38.3 Å². The van der Waals surface area contributed by atoms with Gasteiger partial charge in [-0.25, -0.2) is 12.8 Å². The van der Waals surface area contributed by atoms with E-state index in [0.717, 1.165) is 35.6 Å². The normalized spacial score (nSPS) is 19.1. The predicted octanol–water partition coefficient (Wildman–Crippen LogP) is 3.71. The number of likely N-dealkylation sites (N-methyl/N-ethyl adjacent to an activating group) is 1. The minimum Gasteiger partial charge on any atom is -0.488 e. The molecule has 0 radical (unpaired) electrons. The van der Waals surface area contributed by atoms with E-state index in [0.29, 0.717) is 31.1 Å². The first-order valence-electron chi connectivity index (χ1n) is 13.6. The molecule has 2 aliphatic heterocycles. The van der Waals surface area contributed by atoms with Crippen LogP contribution in [0.1, 0.15) is 29.8 Å². The summed E-state index contributed by atoms with van der Waals surface area (Å²) in [7, 11) is -2.06. The zero-order valence-corrected chi connectivity index (χ0v) is 24.4. The van der Waals surface area contributed by atoms with Gasteiger partial charge >= 0.3 is 0 Å². The lowest BCUT2D eigenvalue weighted by Gasteiger charge is -2.38. The number of nitrogens with one attached hydrogen (secondary N) is 1. The summed E-state index contributed by atoms with van der Waals surface area (Å²) in [5.74, 6) is 0.718. The van der Waals surface area contributed by atoms with E-state index < -0.39 is 21.9 Å². The fourth-order valence-corrected chi connectivity index (χ4v) is 6.10. The average Bonchev–Trinajstić information content (AvgIpc) is 3.43. The summed E-state index contributed by atoms with van der Waals surface area (Å²) in [5, 5.41) is 9.93. The quantitative estimate of drug-likeness (QED) is 0.383. The number of amides is 1. The van der Waals surface area contributed by atoms with Gasteiger partial charge in [-0.3, -0.25) is 14.4 Å². The van der Waals surface area contributed by atoms with E-state index >= 15 is 0 Å². The molecule has 3 aromatic carbocycles. The molecular weight excluding hydrogens is 565 g/mol. The van der Waals surface area contributed by atoms with Gasteiger partial charge in [-0.05, 0) is 74.1 Å². The minimum absolute atomic E-state index is 0.0908. The second-order valence-corrected chi connectivity index (χ2v) is 12.5. The van der Waals surface area contributed by atoms with Crippen molar-refractivity contribution in [3.63, 3.8) is 0 Å². The van der Waals surface area contributed by atoms with Crippen LogP contribution in [0.5, 0.6) is 17.2 Å². The van der Waals surface area contributed by atoms with Crippen LogP contribution in [0, 0.1) is 11.7 Å². The third kappa shape index (κ3) is 6.45. The summed E-state index contributed by atoms with van der Waals surface area (Å²) in [6.07, 6.45) is -0.328. The largest absolute Gasteiger partial charge is 0.488 e. The van der Waals surface area contributed by atoms with Crippen LogP contribution < -0.4 is 18.9 Å². The number of ether oxygens (including phenoxy) is 3. The minimum atomic E-state index is -4.04. The number of carbonyl (C=O) groups excluding carboxylic acids is 1. The first-order valence-corrected chi connectivity index (χ1v) is 15.1. The Labute approximate surface area is 244 Å². The van der Waals surface area contributed by atoms with Crippen molar-refractivity contribution in [3.8, 4) is 17.2 Å². The second-order valence-electron chi connectivity index (χ2n) is 10.8. The number of halogens is 1. The molecule has 5 rings (SSSR count). The lowest BCUT2D eigenvalue weighted by atomic mass is 9.99. The molecule has 10 nitrogen and oxygen atoms in total. The number of nitrogens with zero attached hydrogens (tertiary/aromatic N) is 2. The molecule has 42 heavy (non-hydrogen) atoms. The molecule has 0 saturated heterocycles. The number of carbonyl (C=O) groups is 1. The zero-order chi connectivity index (χ0) is 30.0. The number of fused-ring (bicyclic) bond motifs is 2. The van der Waals surface area contributed by atoms with Gasteiger partial charge in [-0.1, -0.05) is 13.0 Å². The monoisotopic (exact) mass is 599 g/mol. The summed E-state index contributed by atoms with van der Waals surface area (Å²) in [5.41, 5.74) is 1.37. The van der Waals surface area contributed by atoms with Gasteiger partial charge in [-0.15, -0.1) is 0 Å². The predicted molar refractivity (Wildman–Crippen MR) is 154 cm³/mol. The Morgan fingerprint density at radius 1 is 1.07 bits per heavy atom. The maximum absolute atomic E-state index is 13.7. The third-order valence-electron chi connectivity index (χ3n) is 7.42. The van der Waals surface area contributed by atoms with Crippen molar-refractivity contribution in [3.05, 3.63) is 77.6 Å². The SMILES string of the molecule is C[C@H](CO)N1C[C@H](C)[C@@H](CN(C)Cc2ccc3c(c2)OCO3)Oc2ccc(NS(=O)(=O)c3ccc(F)cc3)cc2C1=O. The van der Waals surface area contributed by atoms with Crippen molar-refractivity contribution in [1.82, 2.24) is 9.80 Å². The van der Waals surface area contributed by atoms with Gasteiger partial charge in [0.2, 0.25) is 6.79 Å². The number of benzene rings is 3. The highest BCUT2D eigenvalue weighted by atomic mass is 32.2. The van der Waals surface area contributed by atoms with Crippen molar-refractivity contribution in [1.29, 1.82) is 0 Å². The van der Waals surface area contributed by atoms with Gasteiger partial charge in [0.05, 0.1) is 23.1 Å². The molecule has 0 bridgehead atoms. The summed E-state index contributed by atoms with van der Waals surface area (Å²) in [6, 6.07) is 14.3. The number of aliphatic hydroxyl groups is 1. The van der Waals surface area contributed by atoms with Crippen LogP contribution in [0.4, 0.5) is 10.1 Å². The molecule has 0 fully saturated rings. The van der Waals surface area contributed by atoms with Crippen LogP contribution in [0.3, 0.4) is 0 Å². The molecule has 1 amide bonds. The number of rotatable bonds is 9. The molecule has 3 aromatic rings. The Balaban J connectivity index is 1.40. The van der Waals surface area contributed by atoms with E-state index in [-0.39, 0.29) is 47.5 Å². The molecule has 0 aromatic heterocycles. The van der Waals surface area contributed by atoms with Crippen LogP contribution in [0.2, 0.25) is 0 Å². The summed E-state index contributed by atoms with van der Waals surface area (Å²) in [6.45, 7) is 5.21. The van der Waals surface area contributed by atoms with Crippen molar-refractivity contribution < 1.29 is 36.9 Å². The van der Waals surface area contributed by atoms with Gasteiger partial charge < -0.3 is 24.2 Å². The lowest BCUT2D eigenvalue weighted by Crippen LogP contribution is -2.49. The Bertz CT molecular complexity index is 1550. The average molecular weight is 600 g/mol. The van der Waals surface area contributed by atoms with Crippen molar-refractivity contribution >= 4 is 21.6 Å². The molecule has 2 aliphatic rings. The molecular formula is C30H34FN3O7S. The Hall–Kier alpha value is -3.87. The van der Waals surface area contributed by atoms with E-state index in [1.165, 1.54) is 12.1 Å². The Morgan fingerprint density at radius 2 is 1.79 bits per heavy atom.